The highest BCUT2D eigenvalue weighted by Gasteiger charge is 2.10. The molecule has 1 rings (SSSR count). The van der Waals surface area contributed by atoms with Crippen LogP contribution in [0, 0.1) is 5.82 Å². The summed E-state index contributed by atoms with van der Waals surface area (Å²) >= 11 is 0. The van der Waals surface area contributed by atoms with Crippen molar-refractivity contribution in [1.29, 1.82) is 0 Å². The number of carbonyl (C=O) groups is 1. The van der Waals surface area contributed by atoms with Crippen LogP contribution in [0.25, 0.3) is 0 Å². The second kappa shape index (κ2) is 5.34. The summed E-state index contributed by atoms with van der Waals surface area (Å²) in [6.45, 7) is 2.79. The average Bonchev–Trinajstić information content (AvgIpc) is 2.21. The van der Waals surface area contributed by atoms with Gasteiger partial charge in [-0.3, -0.25) is 4.79 Å². The molecule has 0 aromatic heterocycles. The molecule has 0 amide bonds. The summed E-state index contributed by atoms with van der Waals surface area (Å²) in [6.07, 6.45) is 0.0160. The Balaban J connectivity index is 2.74. The largest absolute Gasteiger partial charge is 0.481 e. The fourth-order valence-corrected chi connectivity index (χ4v) is 1.39. The monoisotopic (exact) mass is 211 g/mol. The molecule has 0 aliphatic rings. The quantitative estimate of drug-likeness (QED) is 0.811. The Hall–Kier alpha value is -1.58. The number of rotatable bonds is 5. The maximum Gasteiger partial charge on any atom is 0.305 e. The third-order valence-electron chi connectivity index (χ3n) is 2.17. The average molecular weight is 211 g/mol. The molecule has 0 bridgehead atoms. The lowest BCUT2D eigenvalue weighted by Crippen LogP contribution is -2.26. The molecule has 0 aliphatic carbocycles. The first-order valence-electron chi connectivity index (χ1n) is 4.86. The maximum atomic E-state index is 13.4. The molecule has 0 heterocycles. The van der Waals surface area contributed by atoms with Crippen molar-refractivity contribution in [3.63, 3.8) is 0 Å². The first-order chi connectivity index (χ1) is 7.15. The van der Waals surface area contributed by atoms with Crippen molar-refractivity contribution < 1.29 is 14.3 Å². The van der Waals surface area contributed by atoms with Crippen molar-refractivity contribution in [2.75, 3.05) is 18.0 Å². The number of hydrogen-bond donors (Lipinski definition) is 1. The molecule has 3 nitrogen and oxygen atoms in total. The molecule has 82 valence electrons. The number of para-hydroxylation sites is 1. The van der Waals surface area contributed by atoms with E-state index in [1.807, 2.05) is 6.92 Å². The van der Waals surface area contributed by atoms with Crippen LogP contribution < -0.4 is 4.90 Å². The van der Waals surface area contributed by atoms with Gasteiger partial charge >= 0.3 is 5.97 Å². The van der Waals surface area contributed by atoms with E-state index in [-0.39, 0.29) is 12.2 Å². The highest BCUT2D eigenvalue weighted by molar-refractivity contribution is 5.67. The maximum absolute atomic E-state index is 13.4. The van der Waals surface area contributed by atoms with Gasteiger partial charge in [0, 0.05) is 13.1 Å². The van der Waals surface area contributed by atoms with E-state index >= 15 is 0 Å². The number of benzene rings is 1. The van der Waals surface area contributed by atoms with Crippen LogP contribution in [0.3, 0.4) is 0 Å². The van der Waals surface area contributed by atoms with Gasteiger partial charge in [0.1, 0.15) is 5.82 Å². The minimum Gasteiger partial charge on any atom is -0.481 e. The van der Waals surface area contributed by atoms with Gasteiger partial charge in [0.2, 0.25) is 0 Å². The molecule has 0 fully saturated rings. The van der Waals surface area contributed by atoms with Crippen molar-refractivity contribution in [2.24, 2.45) is 0 Å². The highest BCUT2D eigenvalue weighted by Crippen LogP contribution is 2.18. The van der Waals surface area contributed by atoms with E-state index in [0.717, 1.165) is 0 Å². The van der Waals surface area contributed by atoms with Crippen LogP contribution in [0.15, 0.2) is 24.3 Å². The highest BCUT2D eigenvalue weighted by atomic mass is 19.1. The number of halogens is 1. The Labute approximate surface area is 88.1 Å². The zero-order valence-electron chi connectivity index (χ0n) is 8.61. The molecular formula is C11H14FNO2. The Bertz CT molecular complexity index is 341. The summed E-state index contributed by atoms with van der Waals surface area (Å²) in [5.74, 6) is -1.19. The molecule has 1 aromatic carbocycles. The van der Waals surface area contributed by atoms with Crippen molar-refractivity contribution in [3.8, 4) is 0 Å². The summed E-state index contributed by atoms with van der Waals surface area (Å²) in [4.78, 5) is 12.1. The van der Waals surface area contributed by atoms with Crippen molar-refractivity contribution in [1.82, 2.24) is 0 Å². The van der Waals surface area contributed by atoms with Gasteiger partial charge in [-0.15, -0.1) is 0 Å². The smallest absolute Gasteiger partial charge is 0.305 e. The molecular weight excluding hydrogens is 197 g/mol. The van der Waals surface area contributed by atoms with Crippen LogP contribution in [0.5, 0.6) is 0 Å². The Morgan fingerprint density at radius 1 is 1.47 bits per heavy atom. The number of carboxylic acid groups (broad SMARTS) is 1. The van der Waals surface area contributed by atoms with Gasteiger partial charge in [0.15, 0.2) is 0 Å². The van der Waals surface area contributed by atoms with Gasteiger partial charge in [0.05, 0.1) is 12.1 Å². The minimum atomic E-state index is -0.871. The molecule has 0 radical (unpaired) electrons. The molecule has 0 aliphatic heterocycles. The molecule has 15 heavy (non-hydrogen) atoms. The van der Waals surface area contributed by atoms with E-state index in [9.17, 15) is 9.18 Å². The van der Waals surface area contributed by atoms with Crippen molar-refractivity contribution in [3.05, 3.63) is 30.1 Å². The van der Waals surface area contributed by atoms with E-state index in [4.69, 9.17) is 5.11 Å². The molecule has 0 atom stereocenters. The second-order valence-electron chi connectivity index (χ2n) is 3.17. The van der Waals surface area contributed by atoms with Crippen molar-refractivity contribution >= 4 is 11.7 Å². The van der Waals surface area contributed by atoms with Crippen LogP contribution in [-0.4, -0.2) is 24.2 Å². The van der Waals surface area contributed by atoms with Gasteiger partial charge < -0.3 is 10.0 Å². The van der Waals surface area contributed by atoms with E-state index in [0.29, 0.717) is 18.8 Å². The lowest BCUT2D eigenvalue weighted by Gasteiger charge is -2.22. The molecule has 1 aromatic rings. The van der Waals surface area contributed by atoms with Crippen molar-refractivity contribution in [2.45, 2.75) is 13.3 Å². The molecule has 0 saturated carbocycles. The van der Waals surface area contributed by atoms with Gasteiger partial charge in [-0.25, -0.2) is 4.39 Å². The normalized spacial score (nSPS) is 10.0. The van der Waals surface area contributed by atoms with Gasteiger partial charge in [-0.1, -0.05) is 12.1 Å². The predicted molar refractivity (Wildman–Crippen MR) is 56.5 cm³/mol. The first kappa shape index (κ1) is 11.5. The summed E-state index contributed by atoms with van der Waals surface area (Å²) in [6, 6.07) is 6.38. The first-order valence-corrected chi connectivity index (χ1v) is 4.86. The minimum absolute atomic E-state index is 0.0160. The Morgan fingerprint density at radius 3 is 2.67 bits per heavy atom. The van der Waals surface area contributed by atoms with Crippen LogP contribution in [0.1, 0.15) is 13.3 Å². The second-order valence-corrected chi connectivity index (χ2v) is 3.17. The van der Waals surface area contributed by atoms with Crippen LogP contribution in [-0.2, 0) is 4.79 Å². The summed E-state index contributed by atoms with van der Waals surface area (Å²) < 4.78 is 13.4. The third kappa shape index (κ3) is 3.23. The fourth-order valence-electron chi connectivity index (χ4n) is 1.39. The lowest BCUT2D eigenvalue weighted by molar-refractivity contribution is -0.136. The molecule has 4 heteroatoms. The molecule has 0 spiro atoms. The molecule has 1 N–H and O–H groups in total. The van der Waals surface area contributed by atoms with Gasteiger partial charge in [-0.2, -0.15) is 0 Å². The third-order valence-corrected chi connectivity index (χ3v) is 2.17. The summed E-state index contributed by atoms with van der Waals surface area (Å²) in [5, 5.41) is 8.55. The van der Waals surface area contributed by atoms with E-state index in [2.05, 4.69) is 0 Å². The molecule has 0 saturated heterocycles. The zero-order valence-corrected chi connectivity index (χ0v) is 8.61. The SMILES string of the molecule is CCN(CCC(=O)O)c1ccccc1F. The topological polar surface area (TPSA) is 40.5 Å². The number of aliphatic carboxylic acids is 1. The van der Waals surface area contributed by atoms with Crippen LogP contribution in [0.4, 0.5) is 10.1 Å². The lowest BCUT2D eigenvalue weighted by atomic mass is 10.2. The number of anilines is 1. The van der Waals surface area contributed by atoms with E-state index < -0.39 is 5.97 Å². The fraction of sp³-hybridized carbons (Fsp3) is 0.364. The number of nitrogens with zero attached hydrogens (tertiary/aromatic N) is 1. The summed E-state index contributed by atoms with van der Waals surface area (Å²) in [7, 11) is 0. The standard InChI is InChI=1S/C11H14FNO2/c1-2-13(8-7-11(14)15)10-6-4-3-5-9(10)12/h3-6H,2,7-8H2,1H3,(H,14,15). The van der Waals surface area contributed by atoms with Crippen LogP contribution in [0.2, 0.25) is 0 Å². The Kier molecular flexibility index (Phi) is 4.09. The summed E-state index contributed by atoms with van der Waals surface area (Å²) in [5.41, 5.74) is 0.459. The van der Waals surface area contributed by atoms with E-state index in [1.54, 1.807) is 23.1 Å². The van der Waals surface area contributed by atoms with Crippen LogP contribution >= 0.6 is 0 Å². The zero-order chi connectivity index (χ0) is 11.3. The van der Waals surface area contributed by atoms with Gasteiger partial charge in [-0.05, 0) is 19.1 Å². The molecule has 0 unspecified atom stereocenters. The van der Waals surface area contributed by atoms with Gasteiger partial charge in [0.25, 0.3) is 0 Å². The number of hydrogen-bond acceptors (Lipinski definition) is 2. The van der Waals surface area contributed by atoms with E-state index in [1.165, 1.54) is 6.07 Å². The number of carboxylic acids is 1. The Morgan fingerprint density at radius 2 is 2.13 bits per heavy atom. The predicted octanol–water partition coefficient (Wildman–Crippen LogP) is 2.13.